The SMILES string of the molecule is CC.CCc1ccc(-c2ccc(CN(C)CCCC(C)C)s2)cc1. The van der Waals surface area contributed by atoms with Crippen molar-refractivity contribution in [3.05, 3.63) is 46.8 Å². The van der Waals surface area contributed by atoms with E-state index < -0.39 is 0 Å². The van der Waals surface area contributed by atoms with E-state index in [-0.39, 0.29) is 0 Å². The minimum absolute atomic E-state index is 0.813. The van der Waals surface area contributed by atoms with Crippen LogP contribution in [0.25, 0.3) is 10.4 Å². The molecule has 0 aliphatic carbocycles. The van der Waals surface area contributed by atoms with Crippen LogP contribution in [0.5, 0.6) is 0 Å². The predicted octanol–water partition coefficient (Wildman–Crippen LogP) is 6.87. The van der Waals surface area contributed by atoms with Gasteiger partial charge in [-0.25, -0.2) is 0 Å². The van der Waals surface area contributed by atoms with E-state index in [1.165, 1.54) is 40.3 Å². The van der Waals surface area contributed by atoms with Crippen LogP contribution in [0.15, 0.2) is 36.4 Å². The summed E-state index contributed by atoms with van der Waals surface area (Å²) < 4.78 is 0. The molecule has 0 atom stereocenters. The summed E-state index contributed by atoms with van der Waals surface area (Å²) in [7, 11) is 2.23. The molecule has 2 aromatic rings. The fraction of sp³-hybridized carbons (Fsp3) is 0.545. The number of aryl methyl sites for hydroxylation is 1. The first-order valence-electron chi connectivity index (χ1n) is 9.45. The zero-order chi connectivity index (χ0) is 17.9. The van der Waals surface area contributed by atoms with E-state index in [9.17, 15) is 0 Å². The Kier molecular flexibility index (Phi) is 9.97. The highest BCUT2D eigenvalue weighted by Gasteiger charge is 2.06. The zero-order valence-electron chi connectivity index (χ0n) is 16.4. The van der Waals surface area contributed by atoms with E-state index in [4.69, 9.17) is 0 Å². The van der Waals surface area contributed by atoms with Crippen LogP contribution in [0.1, 0.15) is 57.9 Å². The van der Waals surface area contributed by atoms with Gasteiger partial charge < -0.3 is 4.90 Å². The van der Waals surface area contributed by atoms with Crippen LogP contribution < -0.4 is 0 Å². The first-order chi connectivity index (χ1) is 11.6. The van der Waals surface area contributed by atoms with Crippen LogP contribution in [-0.4, -0.2) is 18.5 Å². The van der Waals surface area contributed by atoms with Crippen molar-refractivity contribution in [3.63, 3.8) is 0 Å². The van der Waals surface area contributed by atoms with E-state index in [2.05, 4.69) is 69.1 Å². The van der Waals surface area contributed by atoms with Crippen LogP contribution in [0.3, 0.4) is 0 Å². The molecule has 134 valence electrons. The summed E-state index contributed by atoms with van der Waals surface area (Å²) in [6, 6.07) is 13.5. The third-order valence-corrected chi connectivity index (χ3v) is 5.17. The number of nitrogens with zero attached hydrogens (tertiary/aromatic N) is 1. The van der Waals surface area contributed by atoms with Gasteiger partial charge in [-0.3, -0.25) is 0 Å². The molecule has 2 heteroatoms. The van der Waals surface area contributed by atoms with Crippen molar-refractivity contribution in [1.82, 2.24) is 4.90 Å². The van der Waals surface area contributed by atoms with Gasteiger partial charge in [-0.2, -0.15) is 0 Å². The second-order valence-corrected chi connectivity index (χ2v) is 7.76. The maximum atomic E-state index is 2.44. The van der Waals surface area contributed by atoms with Gasteiger partial charge in [0, 0.05) is 16.3 Å². The van der Waals surface area contributed by atoms with Gasteiger partial charge in [0.25, 0.3) is 0 Å². The first kappa shape index (κ1) is 20.9. The molecule has 1 aromatic carbocycles. The topological polar surface area (TPSA) is 3.24 Å². The van der Waals surface area contributed by atoms with Crippen molar-refractivity contribution in [2.75, 3.05) is 13.6 Å². The molecule has 0 aliphatic rings. The molecule has 1 aromatic heterocycles. The highest BCUT2D eigenvalue weighted by Crippen LogP contribution is 2.29. The molecule has 2 rings (SSSR count). The molecule has 0 radical (unpaired) electrons. The largest absolute Gasteiger partial charge is 0.301 e. The van der Waals surface area contributed by atoms with Gasteiger partial charge in [0.15, 0.2) is 0 Å². The average Bonchev–Trinajstić information content (AvgIpc) is 3.05. The smallest absolute Gasteiger partial charge is 0.0346 e. The van der Waals surface area contributed by atoms with Crippen LogP contribution in [0.4, 0.5) is 0 Å². The predicted molar refractivity (Wildman–Crippen MR) is 111 cm³/mol. The van der Waals surface area contributed by atoms with Crippen molar-refractivity contribution in [3.8, 4) is 10.4 Å². The van der Waals surface area contributed by atoms with Crippen LogP contribution in [-0.2, 0) is 13.0 Å². The summed E-state index contributed by atoms with van der Waals surface area (Å²) in [4.78, 5) is 5.29. The van der Waals surface area contributed by atoms with Gasteiger partial charge in [0.2, 0.25) is 0 Å². The van der Waals surface area contributed by atoms with Crippen molar-refractivity contribution in [2.45, 2.75) is 60.4 Å². The lowest BCUT2D eigenvalue weighted by Gasteiger charge is -2.16. The van der Waals surface area contributed by atoms with Crippen LogP contribution >= 0.6 is 11.3 Å². The minimum atomic E-state index is 0.813. The molecule has 0 bridgehead atoms. The summed E-state index contributed by atoms with van der Waals surface area (Å²) in [6.45, 7) is 13.1. The lowest BCUT2D eigenvalue weighted by atomic mass is 10.1. The Labute approximate surface area is 153 Å². The lowest BCUT2D eigenvalue weighted by molar-refractivity contribution is 0.313. The van der Waals surface area contributed by atoms with Gasteiger partial charge in [-0.15, -0.1) is 11.3 Å². The number of thiophene rings is 1. The van der Waals surface area contributed by atoms with Crippen molar-refractivity contribution < 1.29 is 0 Å². The molecule has 0 saturated carbocycles. The molecular weight excluding hydrogens is 310 g/mol. The normalized spacial score (nSPS) is 10.8. The van der Waals surface area contributed by atoms with Crippen molar-refractivity contribution >= 4 is 11.3 Å². The Morgan fingerprint density at radius 1 is 1.00 bits per heavy atom. The van der Waals surface area contributed by atoms with Gasteiger partial charge in [0.1, 0.15) is 0 Å². The first-order valence-corrected chi connectivity index (χ1v) is 10.3. The minimum Gasteiger partial charge on any atom is -0.301 e. The molecule has 0 spiro atoms. The highest BCUT2D eigenvalue weighted by atomic mass is 32.1. The number of hydrogen-bond donors (Lipinski definition) is 0. The summed E-state index contributed by atoms with van der Waals surface area (Å²) in [5, 5.41) is 0. The summed E-state index contributed by atoms with van der Waals surface area (Å²) in [5.41, 5.74) is 2.75. The zero-order valence-corrected chi connectivity index (χ0v) is 17.2. The second-order valence-electron chi connectivity index (χ2n) is 6.59. The van der Waals surface area contributed by atoms with E-state index in [1.54, 1.807) is 0 Å². The standard InChI is InChI=1S/C20H29NS.C2H6/c1-5-17-8-10-18(11-9-17)20-13-12-19(22-20)15-21(4)14-6-7-16(2)3;1-2/h8-13,16H,5-7,14-15H2,1-4H3;1-2H3. The third-order valence-electron chi connectivity index (χ3n) is 4.06. The number of rotatable bonds is 8. The highest BCUT2D eigenvalue weighted by molar-refractivity contribution is 7.15. The Hall–Kier alpha value is -1.12. The van der Waals surface area contributed by atoms with E-state index in [0.717, 1.165) is 18.9 Å². The maximum absolute atomic E-state index is 2.44. The molecule has 1 heterocycles. The van der Waals surface area contributed by atoms with Gasteiger partial charge in [0.05, 0.1) is 0 Å². The molecule has 0 aliphatic heterocycles. The fourth-order valence-corrected chi connectivity index (χ4v) is 3.73. The van der Waals surface area contributed by atoms with Crippen LogP contribution in [0, 0.1) is 5.92 Å². The molecule has 0 unspecified atom stereocenters. The number of hydrogen-bond acceptors (Lipinski definition) is 2. The monoisotopic (exact) mass is 345 g/mol. The van der Waals surface area contributed by atoms with E-state index >= 15 is 0 Å². The molecular formula is C22H35NS. The maximum Gasteiger partial charge on any atom is 0.0346 e. The Morgan fingerprint density at radius 3 is 2.25 bits per heavy atom. The second kappa shape index (κ2) is 11.4. The Bertz CT molecular complexity index is 554. The lowest BCUT2D eigenvalue weighted by Crippen LogP contribution is -2.18. The van der Waals surface area contributed by atoms with Gasteiger partial charge in [-0.05, 0) is 62.0 Å². The van der Waals surface area contributed by atoms with E-state index in [0.29, 0.717) is 0 Å². The molecule has 24 heavy (non-hydrogen) atoms. The quantitative estimate of drug-likeness (QED) is 0.504. The summed E-state index contributed by atoms with van der Waals surface area (Å²) in [5.74, 6) is 0.813. The van der Waals surface area contributed by atoms with Crippen molar-refractivity contribution in [1.29, 1.82) is 0 Å². The van der Waals surface area contributed by atoms with Crippen LogP contribution in [0.2, 0.25) is 0 Å². The van der Waals surface area contributed by atoms with Gasteiger partial charge >= 0.3 is 0 Å². The third kappa shape index (κ3) is 7.19. The fourth-order valence-electron chi connectivity index (χ4n) is 2.64. The van der Waals surface area contributed by atoms with Gasteiger partial charge in [-0.1, -0.05) is 58.9 Å². The molecule has 0 fully saturated rings. The average molecular weight is 346 g/mol. The molecule has 0 amide bonds. The summed E-state index contributed by atoms with van der Waals surface area (Å²) in [6.07, 6.45) is 3.73. The number of benzene rings is 1. The Morgan fingerprint density at radius 2 is 1.67 bits per heavy atom. The molecule has 0 N–H and O–H groups in total. The molecule has 0 saturated heterocycles. The van der Waals surface area contributed by atoms with Crippen molar-refractivity contribution in [2.24, 2.45) is 5.92 Å². The van der Waals surface area contributed by atoms with E-state index in [1.807, 2.05) is 25.2 Å². The Balaban J connectivity index is 0.00000139. The molecule has 1 nitrogen and oxygen atoms in total. The summed E-state index contributed by atoms with van der Waals surface area (Å²) >= 11 is 1.93.